The highest BCUT2D eigenvalue weighted by Gasteiger charge is 2.23. The zero-order valence-electron chi connectivity index (χ0n) is 12.8. The SMILES string of the molecule is Cc1c(CO)cccc1S(=O)(=O)NCC1CCCC(C)C1. The molecule has 1 aliphatic rings. The predicted octanol–water partition coefficient (Wildman–Crippen LogP) is 2.59. The summed E-state index contributed by atoms with van der Waals surface area (Å²) in [6, 6.07) is 5.02. The quantitative estimate of drug-likeness (QED) is 0.878. The van der Waals surface area contributed by atoms with Gasteiger partial charge in [0.25, 0.3) is 0 Å². The van der Waals surface area contributed by atoms with Crippen LogP contribution in [0.15, 0.2) is 23.1 Å². The predicted molar refractivity (Wildman–Crippen MR) is 83.4 cm³/mol. The van der Waals surface area contributed by atoms with Crippen LogP contribution in [0.3, 0.4) is 0 Å². The lowest BCUT2D eigenvalue weighted by molar-refractivity contribution is 0.280. The Balaban J connectivity index is 2.08. The van der Waals surface area contributed by atoms with Crippen LogP contribution in [0.5, 0.6) is 0 Å². The van der Waals surface area contributed by atoms with Crippen molar-refractivity contribution in [1.82, 2.24) is 4.72 Å². The second kappa shape index (κ2) is 6.90. The van der Waals surface area contributed by atoms with Gasteiger partial charge in [-0.1, -0.05) is 31.9 Å². The molecule has 0 aliphatic heterocycles. The van der Waals surface area contributed by atoms with Gasteiger partial charge in [-0.25, -0.2) is 13.1 Å². The third-order valence-electron chi connectivity index (χ3n) is 4.46. The first-order chi connectivity index (χ1) is 9.94. The molecule has 118 valence electrons. The van der Waals surface area contributed by atoms with E-state index in [-0.39, 0.29) is 11.5 Å². The van der Waals surface area contributed by atoms with Gasteiger partial charge in [0.2, 0.25) is 10.0 Å². The monoisotopic (exact) mass is 311 g/mol. The zero-order valence-corrected chi connectivity index (χ0v) is 13.6. The minimum absolute atomic E-state index is 0.144. The molecule has 0 aromatic heterocycles. The summed E-state index contributed by atoms with van der Waals surface area (Å²) in [6.07, 6.45) is 4.63. The molecule has 1 aliphatic carbocycles. The van der Waals surface area contributed by atoms with E-state index in [4.69, 9.17) is 0 Å². The fraction of sp³-hybridized carbons (Fsp3) is 0.625. The smallest absolute Gasteiger partial charge is 0.240 e. The Kier molecular flexibility index (Phi) is 5.41. The molecule has 0 bridgehead atoms. The first kappa shape index (κ1) is 16.5. The van der Waals surface area contributed by atoms with Crippen LogP contribution >= 0.6 is 0 Å². The van der Waals surface area contributed by atoms with Crippen LogP contribution in [0, 0.1) is 18.8 Å². The highest BCUT2D eigenvalue weighted by Crippen LogP contribution is 2.28. The number of aliphatic hydroxyl groups is 1. The average Bonchev–Trinajstić information content (AvgIpc) is 2.45. The molecule has 0 spiro atoms. The molecular weight excluding hydrogens is 286 g/mol. The van der Waals surface area contributed by atoms with Crippen LogP contribution in [0.2, 0.25) is 0 Å². The molecule has 2 rings (SSSR count). The summed E-state index contributed by atoms with van der Waals surface area (Å²) in [5.41, 5.74) is 1.29. The molecule has 0 radical (unpaired) electrons. The summed E-state index contributed by atoms with van der Waals surface area (Å²) in [5.74, 6) is 1.12. The molecule has 4 nitrogen and oxygen atoms in total. The maximum atomic E-state index is 12.5. The number of rotatable bonds is 5. The van der Waals surface area contributed by atoms with Crippen molar-refractivity contribution in [3.8, 4) is 0 Å². The molecule has 1 aromatic rings. The summed E-state index contributed by atoms with van der Waals surface area (Å²) in [7, 11) is -3.50. The Morgan fingerprint density at radius 3 is 2.76 bits per heavy atom. The van der Waals surface area contributed by atoms with Gasteiger partial charge in [-0.05, 0) is 48.8 Å². The lowest BCUT2D eigenvalue weighted by Crippen LogP contribution is -2.32. The third kappa shape index (κ3) is 4.05. The van der Waals surface area contributed by atoms with E-state index < -0.39 is 10.0 Å². The van der Waals surface area contributed by atoms with E-state index in [2.05, 4.69) is 11.6 Å². The fourth-order valence-electron chi connectivity index (χ4n) is 3.17. The largest absolute Gasteiger partial charge is 0.392 e. The van der Waals surface area contributed by atoms with Gasteiger partial charge in [-0.15, -0.1) is 0 Å². The normalized spacial score (nSPS) is 23.2. The summed E-state index contributed by atoms with van der Waals surface area (Å²) in [4.78, 5) is 0.276. The molecule has 1 saturated carbocycles. The van der Waals surface area contributed by atoms with Gasteiger partial charge >= 0.3 is 0 Å². The van der Waals surface area contributed by atoms with Gasteiger partial charge in [-0.2, -0.15) is 0 Å². The second-order valence-electron chi connectivity index (χ2n) is 6.19. The first-order valence-electron chi connectivity index (χ1n) is 7.63. The van der Waals surface area contributed by atoms with Crippen molar-refractivity contribution < 1.29 is 13.5 Å². The second-order valence-corrected chi connectivity index (χ2v) is 7.92. The molecule has 0 heterocycles. The van der Waals surface area contributed by atoms with Gasteiger partial charge in [0.05, 0.1) is 11.5 Å². The van der Waals surface area contributed by atoms with E-state index in [1.165, 1.54) is 12.8 Å². The number of benzene rings is 1. The van der Waals surface area contributed by atoms with Crippen LogP contribution in [-0.4, -0.2) is 20.1 Å². The van der Waals surface area contributed by atoms with Crippen LogP contribution in [0.1, 0.15) is 43.7 Å². The molecule has 1 aromatic carbocycles. The van der Waals surface area contributed by atoms with E-state index in [0.717, 1.165) is 12.8 Å². The fourth-order valence-corrected chi connectivity index (χ4v) is 4.58. The maximum absolute atomic E-state index is 12.5. The van der Waals surface area contributed by atoms with Gasteiger partial charge in [0, 0.05) is 6.54 Å². The summed E-state index contributed by atoms with van der Waals surface area (Å²) < 4.78 is 27.7. The van der Waals surface area contributed by atoms with Crippen molar-refractivity contribution in [2.75, 3.05) is 6.54 Å². The number of sulfonamides is 1. The first-order valence-corrected chi connectivity index (χ1v) is 9.11. The summed E-state index contributed by atoms with van der Waals surface area (Å²) in [5, 5.41) is 9.26. The van der Waals surface area contributed by atoms with Gasteiger partial charge < -0.3 is 5.11 Å². The Labute approximate surface area is 127 Å². The molecule has 0 saturated heterocycles. The standard InChI is InChI=1S/C16H25NO3S/c1-12-5-3-6-14(9-12)10-17-21(19,20)16-8-4-7-15(11-18)13(16)2/h4,7-8,12,14,17-18H,3,5-6,9-11H2,1-2H3. The summed E-state index contributed by atoms with van der Waals surface area (Å²) >= 11 is 0. The van der Waals surface area contributed by atoms with Crippen molar-refractivity contribution in [1.29, 1.82) is 0 Å². The van der Waals surface area contributed by atoms with Gasteiger partial charge in [-0.3, -0.25) is 0 Å². The van der Waals surface area contributed by atoms with E-state index in [1.54, 1.807) is 25.1 Å². The number of hydrogen-bond donors (Lipinski definition) is 2. The molecule has 2 N–H and O–H groups in total. The molecular formula is C16H25NO3S. The molecule has 0 amide bonds. The highest BCUT2D eigenvalue weighted by molar-refractivity contribution is 7.89. The minimum Gasteiger partial charge on any atom is -0.392 e. The van der Waals surface area contributed by atoms with E-state index in [1.807, 2.05) is 0 Å². The van der Waals surface area contributed by atoms with Crippen molar-refractivity contribution in [2.24, 2.45) is 11.8 Å². The Bertz CT molecular complexity index is 583. The van der Waals surface area contributed by atoms with E-state index in [9.17, 15) is 13.5 Å². The van der Waals surface area contributed by atoms with E-state index >= 15 is 0 Å². The summed E-state index contributed by atoms with van der Waals surface area (Å²) in [6.45, 7) is 4.34. The molecule has 5 heteroatoms. The highest BCUT2D eigenvalue weighted by atomic mass is 32.2. The number of aliphatic hydroxyl groups excluding tert-OH is 1. The maximum Gasteiger partial charge on any atom is 0.240 e. The van der Waals surface area contributed by atoms with Crippen molar-refractivity contribution in [3.05, 3.63) is 29.3 Å². The van der Waals surface area contributed by atoms with Crippen molar-refractivity contribution >= 4 is 10.0 Å². The average molecular weight is 311 g/mol. The van der Waals surface area contributed by atoms with Crippen LogP contribution < -0.4 is 4.72 Å². The van der Waals surface area contributed by atoms with Crippen molar-refractivity contribution in [3.63, 3.8) is 0 Å². The lowest BCUT2D eigenvalue weighted by Gasteiger charge is -2.26. The Morgan fingerprint density at radius 2 is 2.10 bits per heavy atom. The topological polar surface area (TPSA) is 66.4 Å². The third-order valence-corrected chi connectivity index (χ3v) is 6.03. The molecule has 2 unspecified atom stereocenters. The number of hydrogen-bond acceptors (Lipinski definition) is 3. The molecule has 1 fully saturated rings. The number of nitrogens with one attached hydrogen (secondary N) is 1. The van der Waals surface area contributed by atoms with Crippen LogP contribution in [0.25, 0.3) is 0 Å². The van der Waals surface area contributed by atoms with Crippen LogP contribution in [-0.2, 0) is 16.6 Å². The Hall–Kier alpha value is -0.910. The van der Waals surface area contributed by atoms with E-state index in [0.29, 0.717) is 29.5 Å². The van der Waals surface area contributed by atoms with Crippen molar-refractivity contribution in [2.45, 2.75) is 51.0 Å². The zero-order chi connectivity index (χ0) is 15.5. The lowest BCUT2D eigenvalue weighted by atomic mass is 9.83. The Morgan fingerprint density at radius 1 is 1.33 bits per heavy atom. The molecule has 21 heavy (non-hydrogen) atoms. The van der Waals surface area contributed by atoms with Gasteiger partial charge in [0.15, 0.2) is 0 Å². The van der Waals surface area contributed by atoms with Crippen LogP contribution in [0.4, 0.5) is 0 Å². The van der Waals surface area contributed by atoms with Gasteiger partial charge in [0.1, 0.15) is 0 Å². The minimum atomic E-state index is -3.50. The molecule has 2 atom stereocenters.